The highest BCUT2D eigenvalue weighted by molar-refractivity contribution is 5.20. The van der Waals surface area contributed by atoms with Crippen molar-refractivity contribution in [1.29, 1.82) is 0 Å². The predicted molar refractivity (Wildman–Crippen MR) is 97.1 cm³/mol. The van der Waals surface area contributed by atoms with Gasteiger partial charge >= 0.3 is 0 Å². The van der Waals surface area contributed by atoms with E-state index < -0.39 is 0 Å². The van der Waals surface area contributed by atoms with Crippen molar-refractivity contribution >= 4 is 0 Å². The van der Waals surface area contributed by atoms with Crippen molar-refractivity contribution in [3.05, 3.63) is 45.0 Å². The summed E-state index contributed by atoms with van der Waals surface area (Å²) in [6, 6.07) is 1.81. The third kappa shape index (κ3) is 3.11. The number of hydrogen-bond donors (Lipinski definition) is 0. The van der Waals surface area contributed by atoms with Gasteiger partial charge in [-0.15, -0.1) is 0 Å². The number of rotatable bonds is 4. The van der Waals surface area contributed by atoms with Gasteiger partial charge in [0.15, 0.2) is 0 Å². The number of aromatic nitrogens is 3. The Morgan fingerprint density at radius 2 is 1.81 bits per heavy atom. The lowest BCUT2D eigenvalue weighted by molar-refractivity contribution is 0.0675. The summed E-state index contributed by atoms with van der Waals surface area (Å²) in [5.74, 6) is 2.46. The van der Waals surface area contributed by atoms with E-state index in [-0.39, 0.29) is 5.56 Å². The Morgan fingerprint density at radius 3 is 2.65 bits per heavy atom. The molecule has 0 unspecified atom stereocenters. The Kier molecular flexibility index (Phi) is 4.15. The van der Waals surface area contributed by atoms with Gasteiger partial charge in [0.25, 0.3) is 5.56 Å². The first-order valence-electron chi connectivity index (χ1n) is 10.0. The fourth-order valence-corrected chi connectivity index (χ4v) is 4.56. The van der Waals surface area contributed by atoms with Gasteiger partial charge in [-0.05, 0) is 50.5 Å². The molecular formula is C20H26N4O2. The zero-order chi connectivity index (χ0) is 17.5. The van der Waals surface area contributed by atoms with Crippen LogP contribution < -0.4 is 5.56 Å². The maximum atomic E-state index is 12.3. The van der Waals surface area contributed by atoms with E-state index in [2.05, 4.69) is 15.0 Å². The van der Waals surface area contributed by atoms with Crippen LogP contribution in [0.3, 0.4) is 0 Å². The van der Waals surface area contributed by atoms with Gasteiger partial charge < -0.3 is 4.42 Å². The number of fused-ring (bicyclic) bond motifs is 2. The monoisotopic (exact) mass is 354 g/mol. The Balaban J connectivity index is 1.19. The molecule has 0 bridgehead atoms. The third-order valence-electron chi connectivity index (χ3n) is 5.99. The normalized spacial score (nSPS) is 20.5. The van der Waals surface area contributed by atoms with Crippen LogP contribution in [0.1, 0.15) is 54.3 Å². The minimum atomic E-state index is 0.0597. The third-order valence-corrected chi connectivity index (χ3v) is 5.99. The van der Waals surface area contributed by atoms with E-state index in [1.165, 1.54) is 36.9 Å². The van der Waals surface area contributed by atoms with E-state index >= 15 is 0 Å². The molecule has 0 amide bonds. The summed E-state index contributed by atoms with van der Waals surface area (Å²) >= 11 is 0. The molecule has 0 saturated carbocycles. The molecule has 6 nitrogen and oxygen atoms in total. The molecule has 138 valence electrons. The van der Waals surface area contributed by atoms with Crippen molar-refractivity contribution in [2.45, 2.75) is 64.5 Å². The summed E-state index contributed by atoms with van der Waals surface area (Å²) in [4.78, 5) is 19.3. The van der Waals surface area contributed by atoms with Crippen LogP contribution in [-0.2, 0) is 38.8 Å². The summed E-state index contributed by atoms with van der Waals surface area (Å²) in [5, 5.41) is 4.64. The molecule has 0 spiro atoms. The van der Waals surface area contributed by atoms with Crippen LogP contribution in [0.5, 0.6) is 0 Å². The Bertz CT molecular complexity index is 840. The van der Waals surface area contributed by atoms with Crippen LogP contribution >= 0.6 is 0 Å². The highest BCUT2D eigenvalue weighted by atomic mass is 16.4. The Labute approximate surface area is 153 Å². The molecule has 2 aromatic heterocycles. The van der Waals surface area contributed by atoms with E-state index in [9.17, 15) is 4.79 Å². The van der Waals surface area contributed by atoms with Crippen LogP contribution in [0.4, 0.5) is 0 Å². The van der Waals surface area contributed by atoms with E-state index in [0.717, 1.165) is 69.2 Å². The molecule has 3 aliphatic rings. The largest absolute Gasteiger partial charge is 0.444 e. The van der Waals surface area contributed by atoms with E-state index in [4.69, 9.17) is 4.42 Å². The molecule has 0 atom stereocenters. The molecular weight excluding hydrogens is 328 g/mol. The topological polar surface area (TPSA) is 64.2 Å². The van der Waals surface area contributed by atoms with Gasteiger partial charge in [0.05, 0.1) is 24.5 Å². The first-order chi connectivity index (χ1) is 12.7. The first-order valence-corrected chi connectivity index (χ1v) is 10.0. The molecule has 0 radical (unpaired) electrons. The summed E-state index contributed by atoms with van der Waals surface area (Å²) in [7, 11) is 0. The summed E-state index contributed by atoms with van der Waals surface area (Å²) < 4.78 is 7.62. The lowest BCUT2D eigenvalue weighted by Gasteiger charge is -2.38. The molecule has 1 fully saturated rings. The van der Waals surface area contributed by atoms with Crippen molar-refractivity contribution in [3.8, 4) is 0 Å². The van der Waals surface area contributed by atoms with Crippen LogP contribution in [-0.4, -0.2) is 32.8 Å². The molecule has 26 heavy (non-hydrogen) atoms. The maximum Gasteiger partial charge on any atom is 0.267 e. The number of oxazole rings is 1. The smallest absolute Gasteiger partial charge is 0.267 e. The van der Waals surface area contributed by atoms with Crippen LogP contribution in [0.15, 0.2) is 15.3 Å². The van der Waals surface area contributed by atoms with Crippen molar-refractivity contribution < 1.29 is 4.42 Å². The summed E-state index contributed by atoms with van der Waals surface area (Å²) in [6.45, 7) is 3.48. The molecule has 5 rings (SSSR count). The molecule has 2 aliphatic carbocycles. The van der Waals surface area contributed by atoms with Gasteiger partial charge in [-0.1, -0.05) is 0 Å². The maximum absolute atomic E-state index is 12.3. The highest BCUT2D eigenvalue weighted by Crippen LogP contribution is 2.25. The lowest BCUT2D eigenvalue weighted by Crippen LogP contribution is -2.49. The fourth-order valence-electron chi connectivity index (χ4n) is 4.56. The van der Waals surface area contributed by atoms with E-state index in [1.54, 1.807) is 4.68 Å². The van der Waals surface area contributed by atoms with Crippen LogP contribution in [0.2, 0.25) is 0 Å². The van der Waals surface area contributed by atoms with Gasteiger partial charge in [-0.3, -0.25) is 9.69 Å². The SMILES string of the molecule is O=c1cc2c(nn1CC1CN(Cc3nc4c(o3)CCCC4)C1)CCCC2. The van der Waals surface area contributed by atoms with E-state index in [0.29, 0.717) is 5.92 Å². The van der Waals surface area contributed by atoms with Crippen LogP contribution in [0, 0.1) is 5.92 Å². The Morgan fingerprint density at radius 1 is 1.04 bits per heavy atom. The molecule has 6 heteroatoms. The second-order valence-electron chi connectivity index (χ2n) is 8.09. The standard InChI is InChI=1S/C20H26N4O2/c25-20-9-15-5-1-2-6-16(15)22-24(20)12-14-10-23(11-14)13-19-21-17-7-3-4-8-18(17)26-19/h9,14H,1-8,10-13H2. The fraction of sp³-hybridized carbons (Fsp3) is 0.650. The minimum absolute atomic E-state index is 0.0597. The van der Waals surface area contributed by atoms with Gasteiger partial charge in [-0.25, -0.2) is 9.67 Å². The summed E-state index contributed by atoms with van der Waals surface area (Å²) in [5.41, 5.74) is 3.54. The van der Waals surface area contributed by atoms with Crippen molar-refractivity contribution in [2.24, 2.45) is 5.92 Å². The minimum Gasteiger partial charge on any atom is -0.444 e. The van der Waals surface area contributed by atoms with Gasteiger partial charge in [0.2, 0.25) is 5.89 Å². The quantitative estimate of drug-likeness (QED) is 0.841. The number of hydrogen-bond acceptors (Lipinski definition) is 5. The average Bonchev–Trinajstić information content (AvgIpc) is 3.02. The molecule has 3 heterocycles. The number of aryl methyl sites for hydroxylation is 4. The van der Waals surface area contributed by atoms with Gasteiger partial charge in [-0.2, -0.15) is 5.10 Å². The second kappa shape index (κ2) is 6.65. The van der Waals surface area contributed by atoms with Gasteiger partial charge in [0, 0.05) is 31.5 Å². The van der Waals surface area contributed by atoms with E-state index in [1.807, 2.05) is 6.07 Å². The predicted octanol–water partition coefficient (Wildman–Crippen LogP) is 2.12. The van der Waals surface area contributed by atoms with Gasteiger partial charge in [0.1, 0.15) is 5.76 Å². The highest BCUT2D eigenvalue weighted by Gasteiger charge is 2.29. The zero-order valence-electron chi connectivity index (χ0n) is 15.2. The number of likely N-dealkylation sites (tertiary alicyclic amines) is 1. The molecule has 1 aliphatic heterocycles. The molecule has 0 aromatic carbocycles. The second-order valence-corrected chi connectivity index (χ2v) is 8.09. The lowest BCUT2D eigenvalue weighted by atomic mass is 9.96. The van der Waals surface area contributed by atoms with Crippen LogP contribution in [0.25, 0.3) is 0 Å². The first kappa shape index (κ1) is 16.2. The van der Waals surface area contributed by atoms with Crippen molar-refractivity contribution in [2.75, 3.05) is 13.1 Å². The van der Waals surface area contributed by atoms with Crippen molar-refractivity contribution in [1.82, 2.24) is 19.7 Å². The average molecular weight is 354 g/mol. The summed E-state index contributed by atoms with van der Waals surface area (Å²) in [6.07, 6.45) is 8.95. The van der Waals surface area contributed by atoms with Crippen molar-refractivity contribution in [3.63, 3.8) is 0 Å². The molecule has 0 N–H and O–H groups in total. The zero-order valence-corrected chi connectivity index (χ0v) is 15.2. The number of nitrogens with zero attached hydrogens (tertiary/aromatic N) is 4. The Hall–Kier alpha value is -1.95. The molecule has 2 aromatic rings. The molecule has 1 saturated heterocycles.